The highest BCUT2D eigenvalue weighted by atomic mass is 32.2. The maximum atomic E-state index is 13.9. The van der Waals surface area contributed by atoms with Crippen LogP contribution in [0.4, 0.5) is 0 Å². The number of sulfonamides is 1. The summed E-state index contributed by atoms with van der Waals surface area (Å²) in [5.41, 5.74) is 3.65. The van der Waals surface area contributed by atoms with Crippen molar-refractivity contribution >= 4 is 20.9 Å². The molecule has 0 radical (unpaired) electrons. The van der Waals surface area contributed by atoms with Crippen LogP contribution in [0, 0.1) is 13.8 Å². The van der Waals surface area contributed by atoms with Crippen molar-refractivity contribution in [1.82, 2.24) is 9.29 Å². The van der Waals surface area contributed by atoms with Crippen molar-refractivity contribution in [2.75, 3.05) is 20.3 Å². The van der Waals surface area contributed by atoms with E-state index < -0.39 is 10.0 Å². The molecule has 2 heterocycles. The third-order valence-corrected chi connectivity index (χ3v) is 8.34. The largest absolute Gasteiger partial charge is 0.497 e. The van der Waals surface area contributed by atoms with Crippen LogP contribution in [0.5, 0.6) is 17.2 Å². The summed E-state index contributed by atoms with van der Waals surface area (Å²) in [5.74, 6) is 1.55. The van der Waals surface area contributed by atoms with Gasteiger partial charge in [0.25, 0.3) is 5.56 Å². The number of nitrogens with zero attached hydrogens (tertiary/aromatic N) is 1. The van der Waals surface area contributed by atoms with E-state index in [0.717, 1.165) is 22.1 Å². The Morgan fingerprint density at radius 1 is 0.892 bits per heavy atom. The molecule has 1 N–H and O–H groups in total. The summed E-state index contributed by atoms with van der Waals surface area (Å²) in [4.78, 5) is 16.0. The number of aromatic amines is 1. The van der Waals surface area contributed by atoms with Crippen LogP contribution in [0.2, 0.25) is 0 Å². The third kappa shape index (κ3) is 5.05. The number of hydrogen-bond acceptors (Lipinski definition) is 6. The first kappa shape index (κ1) is 24.9. The molecule has 0 bridgehead atoms. The quantitative estimate of drug-likeness (QED) is 0.390. The number of hydrogen-bond donors (Lipinski definition) is 1. The van der Waals surface area contributed by atoms with Gasteiger partial charge in [0.05, 0.1) is 12.0 Å². The molecule has 1 aliphatic heterocycles. The molecular weight excluding hydrogens is 492 g/mol. The highest BCUT2D eigenvalue weighted by Crippen LogP contribution is 2.34. The second-order valence-electron chi connectivity index (χ2n) is 9.07. The SMILES string of the molecule is COc1ccc(CN(Cc2cc3cc(C)c(C)cc3[nH]c2=O)S(=O)(=O)c2ccc3c(c2)OCCO3)cc1. The van der Waals surface area contributed by atoms with Crippen molar-refractivity contribution in [3.63, 3.8) is 0 Å². The lowest BCUT2D eigenvalue weighted by atomic mass is 10.0. The Labute approximate surface area is 215 Å². The molecule has 1 aromatic heterocycles. The van der Waals surface area contributed by atoms with E-state index in [1.807, 2.05) is 38.1 Å². The molecule has 9 heteroatoms. The Morgan fingerprint density at radius 2 is 1.59 bits per heavy atom. The van der Waals surface area contributed by atoms with Crippen molar-refractivity contribution in [2.45, 2.75) is 31.8 Å². The summed E-state index contributed by atoms with van der Waals surface area (Å²) in [5, 5.41) is 0.846. The minimum atomic E-state index is -4.02. The fourth-order valence-corrected chi connectivity index (χ4v) is 5.75. The van der Waals surface area contributed by atoms with Crippen LogP contribution >= 0.6 is 0 Å². The Balaban J connectivity index is 1.56. The van der Waals surface area contributed by atoms with E-state index in [2.05, 4.69) is 4.98 Å². The number of H-pyrrole nitrogens is 1. The monoisotopic (exact) mass is 520 g/mol. The van der Waals surface area contributed by atoms with Crippen molar-refractivity contribution in [2.24, 2.45) is 0 Å². The normalized spacial score (nSPS) is 13.2. The minimum Gasteiger partial charge on any atom is -0.497 e. The van der Waals surface area contributed by atoms with Crippen molar-refractivity contribution in [3.8, 4) is 17.2 Å². The van der Waals surface area contributed by atoms with Gasteiger partial charge in [0.1, 0.15) is 19.0 Å². The Hall–Kier alpha value is -3.82. The molecule has 0 aliphatic carbocycles. The van der Waals surface area contributed by atoms with Crippen LogP contribution in [0.25, 0.3) is 10.9 Å². The van der Waals surface area contributed by atoms with Crippen molar-refractivity contribution in [3.05, 3.63) is 93.3 Å². The second kappa shape index (κ2) is 9.91. The van der Waals surface area contributed by atoms with Gasteiger partial charge in [0.15, 0.2) is 11.5 Å². The Bertz CT molecular complexity index is 1630. The van der Waals surface area contributed by atoms with Gasteiger partial charge in [-0.3, -0.25) is 4.79 Å². The lowest BCUT2D eigenvalue weighted by Crippen LogP contribution is -2.32. The average Bonchev–Trinajstić information content (AvgIpc) is 2.90. The highest BCUT2D eigenvalue weighted by molar-refractivity contribution is 7.89. The van der Waals surface area contributed by atoms with Crippen LogP contribution in [0.1, 0.15) is 22.3 Å². The van der Waals surface area contributed by atoms with Crippen LogP contribution in [-0.2, 0) is 23.1 Å². The van der Waals surface area contributed by atoms with E-state index >= 15 is 0 Å². The van der Waals surface area contributed by atoms with Gasteiger partial charge in [-0.2, -0.15) is 4.31 Å². The summed E-state index contributed by atoms with van der Waals surface area (Å²) in [6.07, 6.45) is 0. The van der Waals surface area contributed by atoms with E-state index in [1.54, 1.807) is 31.4 Å². The number of aromatic nitrogens is 1. The number of benzene rings is 3. The van der Waals surface area contributed by atoms with Gasteiger partial charge in [-0.25, -0.2) is 8.42 Å². The number of rotatable bonds is 7. The number of nitrogens with one attached hydrogen (secondary N) is 1. The molecule has 0 saturated heterocycles. The summed E-state index contributed by atoms with van der Waals surface area (Å²) in [6.45, 7) is 4.69. The van der Waals surface area contributed by atoms with Gasteiger partial charge in [-0.1, -0.05) is 12.1 Å². The molecule has 0 fully saturated rings. The molecule has 0 amide bonds. The van der Waals surface area contributed by atoms with Gasteiger partial charge < -0.3 is 19.2 Å². The number of pyridine rings is 1. The van der Waals surface area contributed by atoms with Gasteiger partial charge in [0.2, 0.25) is 10.0 Å². The predicted octanol–water partition coefficient (Wildman–Crippen LogP) is 4.32. The fourth-order valence-electron chi connectivity index (χ4n) is 4.32. The highest BCUT2D eigenvalue weighted by Gasteiger charge is 2.28. The molecule has 192 valence electrons. The summed E-state index contributed by atoms with van der Waals surface area (Å²) in [7, 11) is -2.45. The lowest BCUT2D eigenvalue weighted by Gasteiger charge is -2.24. The van der Waals surface area contributed by atoms with E-state index in [4.69, 9.17) is 14.2 Å². The van der Waals surface area contributed by atoms with Gasteiger partial charge >= 0.3 is 0 Å². The Morgan fingerprint density at radius 3 is 2.32 bits per heavy atom. The molecule has 0 saturated carbocycles. The first-order chi connectivity index (χ1) is 17.7. The molecule has 4 aromatic rings. The lowest BCUT2D eigenvalue weighted by molar-refractivity contribution is 0.171. The van der Waals surface area contributed by atoms with Crippen LogP contribution in [0.3, 0.4) is 0 Å². The molecule has 8 nitrogen and oxygen atoms in total. The first-order valence-corrected chi connectivity index (χ1v) is 13.3. The maximum Gasteiger partial charge on any atom is 0.252 e. The molecular formula is C28H28N2O6S. The third-order valence-electron chi connectivity index (χ3n) is 6.55. The first-order valence-electron chi connectivity index (χ1n) is 11.9. The standard InChI is InChI=1S/C28H28N2O6S/c1-18-12-21-14-22(28(31)29-25(21)13-19(18)2)17-30(16-20-4-6-23(34-3)7-5-20)37(32,33)24-8-9-26-27(15-24)36-11-10-35-26/h4-9,12-15H,10-11,16-17H2,1-3H3,(H,29,31). The second-order valence-corrected chi connectivity index (χ2v) is 11.0. The van der Waals surface area contributed by atoms with Gasteiger partial charge in [0, 0.05) is 30.2 Å². The maximum absolute atomic E-state index is 13.9. The minimum absolute atomic E-state index is 0.0607. The number of ether oxygens (including phenoxy) is 3. The van der Waals surface area contributed by atoms with E-state index in [-0.39, 0.29) is 23.5 Å². The van der Waals surface area contributed by atoms with E-state index in [9.17, 15) is 13.2 Å². The van der Waals surface area contributed by atoms with E-state index in [0.29, 0.717) is 41.5 Å². The Kier molecular flexibility index (Phi) is 6.66. The molecule has 37 heavy (non-hydrogen) atoms. The molecule has 0 atom stereocenters. The van der Waals surface area contributed by atoms with Crippen LogP contribution < -0.4 is 19.8 Å². The number of aryl methyl sites for hydroxylation is 2. The fraction of sp³-hybridized carbons (Fsp3) is 0.250. The molecule has 0 spiro atoms. The predicted molar refractivity (Wildman–Crippen MR) is 141 cm³/mol. The summed E-state index contributed by atoms with van der Waals surface area (Å²) >= 11 is 0. The summed E-state index contributed by atoms with van der Waals surface area (Å²) < 4.78 is 45.5. The van der Waals surface area contributed by atoms with Crippen LogP contribution in [0.15, 0.2) is 70.4 Å². The molecule has 3 aromatic carbocycles. The smallest absolute Gasteiger partial charge is 0.252 e. The zero-order valence-electron chi connectivity index (χ0n) is 20.9. The van der Waals surface area contributed by atoms with E-state index in [1.165, 1.54) is 16.4 Å². The molecule has 0 unspecified atom stereocenters. The van der Waals surface area contributed by atoms with Gasteiger partial charge in [-0.05, 0) is 78.4 Å². The zero-order chi connectivity index (χ0) is 26.2. The zero-order valence-corrected chi connectivity index (χ0v) is 21.7. The summed E-state index contributed by atoms with van der Waals surface area (Å²) in [6, 6.07) is 17.4. The van der Waals surface area contributed by atoms with Gasteiger partial charge in [-0.15, -0.1) is 0 Å². The number of methoxy groups -OCH3 is 1. The number of fused-ring (bicyclic) bond motifs is 2. The van der Waals surface area contributed by atoms with Crippen molar-refractivity contribution < 1.29 is 22.6 Å². The molecule has 1 aliphatic rings. The average molecular weight is 521 g/mol. The topological polar surface area (TPSA) is 97.9 Å². The van der Waals surface area contributed by atoms with Crippen LogP contribution in [-0.4, -0.2) is 38.0 Å². The molecule has 5 rings (SSSR count). The van der Waals surface area contributed by atoms with Crippen molar-refractivity contribution in [1.29, 1.82) is 0 Å².